The topological polar surface area (TPSA) is 12.9 Å². The van der Waals surface area contributed by atoms with Crippen LogP contribution in [0.3, 0.4) is 0 Å². The van der Waals surface area contributed by atoms with E-state index >= 15 is 0 Å². The average Bonchev–Trinajstić information content (AvgIpc) is 2.33. The van der Waals surface area contributed by atoms with Crippen LogP contribution in [0.2, 0.25) is 0 Å². The van der Waals surface area contributed by atoms with Crippen molar-refractivity contribution in [1.29, 1.82) is 0 Å². The molecule has 0 spiro atoms. The molecule has 1 heteroatoms. The molecular weight excluding hydrogens is 170 g/mol. The van der Waals surface area contributed by atoms with E-state index in [-0.39, 0.29) is 0 Å². The van der Waals surface area contributed by atoms with Gasteiger partial charge in [0.15, 0.2) is 0 Å². The highest BCUT2D eigenvalue weighted by molar-refractivity contribution is 5.13. The van der Waals surface area contributed by atoms with Gasteiger partial charge in [-0.25, -0.2) is 0 Å². The van der Waals surface area contributed by atoms with Gasteiger partial charge in [-0.15, -0.1) is 0 Å². The number of aromatic nitrogens is 1. The van der Waals surface area contributed by atoms with Crippen LogP contribution in [0.15, 0.2) is 60.9 Å². The SMILES string of the molecule is CCc1ccccc1.c1ccncc1. The zero-order valence-electron chi connectivity index (χ0n) is 8.43. The van der Waals surface area contributed by atoms with Crippen LogP contribution in [-0.4, -0.2) is 4.98 Å². The van der Waals surface area contributed by atoms with Crippen LogP contribution in [0.25, 0.3) is 0 Å². The molecule has 1 aromatic heterocycles. The summed E-state index contributed by atoms with van der Waals surface area (Å²) in [5.41, 5.74) is 1.41. The molecule has 0 radical (unpaired) electrons. The first-order chi connectivity index (χ1) is 6.93. The van der Waals surface area contributed by atoms with Gasteiger partial charge < -0.3 is 0 Å². The lowest BCUT2D eigenvalue weighted by Gasteiger charge is -1.89. The lowest BCUT2D eigenvalue weighted by molar-refractivity contribution is 1.14. The second-order valence-corrected chi connectivity index (χ2v) is 2.86. The Hall–Kier alpha value is -1.63. The zero-order chi connectivity index (χ0) is 10.1. The second-order valence-electron chi connectivity index (χ2n) is 2.86. The van der Waals surface area contributed by atoms with Crippen LogP contribution in [0, 0.1) is 0 Å². The molecule has 0 atom stereocenters. The Morgan fingerprint density at radius 2 is 1.43 bits per heavy atom. The summed E-state index contributed by atoms with van der Waals surface area (Å²) in [6, 6.07) is 16.2. The molecule has 0 fully saturated rings. The largest absolute Gasteiger partial charge is 0.265 e. The van der Waals surface area contributed by atoms with Crippen LogP contribution < -0.4 is 0 Å². The second kappa shape index (κ2) is 6.84. The van der Waals surface area contributed by atoms with Crippen LogP contribution in [0.5, 0.6) is 0 Å². The molecule has 1 nitrogen and oxygen atoms in total. The van der Waals surface area contributed by atoms with Gasteiger partial charge in [-0.05, 0) is 24.1 Å². The Morgan fingerprint density at radius 1 is 0.857 bits per heavy atom. The Kier molecular flexibility index (Phi) is 5.11. The van der Waals surface area contributed by atoms with Crippen molar-refractivity contribution in [3.8, 4) is 0 Å². The van der Waals surface area contributed by atoms with Crippen molar-refractivity contribution in [2.75, 3.05) is 0 Å². The van der Waals surface area contributed by atoms with Crippen LogP contribution >= 0.6 is 0 Å². The van der Waals surface area contributed by atoms with Crippen LogP contribution in [-0.2, 0) is 6.42 Å². The van der Waals surface area contributed by atoms with E-state index in [1.165, 1.54) is 5.56 Å². The van der Waals surface area contributed by atoms with Crippen molar-refractivity contribution in [2.24, 2.45) is 0 Å². The highest BCUT2D eigenvalue weighted by atomic mass is 14.6. The fraction of sp³-hybridized carbons (Fsp3) is 0.154. The van der Waals surface area contributed by atoms with Gasteiger partial charge >= 0.3 is 0 Å². The zero-order valence-corrected chi connectivity index (χ0v) is 8.43. The van der Waals surface area contributed by atoms with Crippen LogP contribution in [0.4, 0.5) is 0 Å². The molecule has 1 heterocycles. The number of hydrogen-bond acceptors (Lipinski definition) is 1. The Bertz CT molecular complexity index is 289. The van der Waals surface area contributed by atoms with Gasteiger partial charge in [-0.3, -0.25) is 4.98 Å². The average molecular weight is 185 g/mol. The molecule has 2 aromatic rings. The lowest BCUT2D eigenvalue weighted by Crippen LogP contribution is -1.73. The van der Waals surface area contributed by atoms with Crippen molar-refractivity contribution >= 4 is 0 Å². The van der Waals surface area contributed by atoms with Crippen molar-refractivity contribution in [1.82, 2.24) is 4.98 Å². The minimum absolute atomic E-state index is 1.14. The van der Waals surface area contributed by atoms with Crippen molar-refractivity contribution in [3.05, 3.63) is 66.5 Å². The summed E-state index contributed by atoms with van der Waals surface area (Å²) in [5, 5.41) is 0. The molecular formula is C13H15N. The lowest BCUT2D eigenvalue weighted by atomic mass is 10.2. The maximum absolute atomic E-state index is 3.78. The van der Waals surface area contributed by atoms with E-state index < -0.39 is 0 Å². The predicted molar refractivity (Wildman–Crippen MR) is 60.1 cm³/mol. The molecule has 0 saturated heterocycles. The molecule has 0 aliphatic rings. The van der Waals surface area contributed by atoms with E-state index in [0.717, 1.165) is 6.42 Å². The van der Waals surface area contributed by atoms with Gasteiger partial charge in [0.05, 0.1) is 0 Å². The molecule has 0 N–H and O–H groups in total. The molecule has 2 rings (SSSR count). The van der Waals surface area contributed by atoms with Gasteiger partial charge in [0.1, 0.15) is 0 Å². The monoisotopic (exact) mass is 185 g/mol. The molecule has 0 saturated carbocycles. The van der Waals surface area contributed by atoms with Crippen LogP contribution in [0.1, 0.15) is 12.5 Å². The number of pyridine rings is 1. The van der Waals surface area contributed by atoms with E-state index in [1.54, 1.807) is 12.4 Å². The molecule has 0 bridgehead atoms. The summed E-state index contributed by atoms with van der Waals surface area (Å²) in [6.45, 7) is 2.16. The third-order valence-corrected chi connectivity index (χ3v) is 1.82. The van der Waals surface area contributed by atoms with E-state index in [4.69, 9.17) is 0 Å². The number of benzene rings is 1. The smallest absolute Gasteiger partial charge is 0.0267 e. The molecule has 0 aliphatic carbocycles. The van der Waals surface area contributed by atoms with E-state index in [2.05, 4.69) is 36.2 Å². The number of aryl methyl sites for hydroxylation is 1. The summed E-state index contributed by atoms with van der Waals surface area (Å²) >= 11 is 0. The number of hydrogen-bond donors (Lipinski definition) is 0. The van der Waals surface area contributed by atoms with Gasteiger partial charge in [-0.2, -0.15) is 0 Å². The first-order valence-electron chi connectivity index (χ1n) is 4.82. The third kappa shape index (κ3) is 4.41. The van der Waals surface area contributed by atoms with Crippen molar-refractivity contribution in [2.45, 2.75) is 13.3 Å². The Labute approximate surface area is 85.4 Å². The minimum Gasteiger partial charge on any atom is -0.265 e. The van der Waals surface area contributed by atoms with Gasteiger partial charge in [0, 0.05) is 12.4 Å². The summed E-state index contributed by atoms with van der Waals surface area (Å²) in [7, 11) is 0. The molecule has 0 aliphatic heterocycles. The van der Waals surface area contributed by atoms with Crippen molar-refractivity contribution in [3.63, 3.8) is 0 Å². The fourth-order valence-electron chi connectivity index (χ4n) is 1.03. The molecule has 1 aromatic carbocycles. The quantitative estimate of drug-likeness (QED) is 0.664. The van der Waals surface area contributed by atoms with Crippen molar-refractivity contribution < 1.29 is 0 Å². The maximum Gasteiger partial charge on any atom is 0.0267 e. The van der Waals surface area contributed by atoms with Gasteiger partial charge in [0.25, 0.3) is 0 Å². The first-order valence-corrected chi connectivity index (χ1v) is 4.82. The summed E-state index contributed by atoms with van der Waals surface area (Å²) in [5.74, 6) is 0. The van der Waals surface area contributed by atoms with E-state index in [0.29, 0.717) is 0 Å². The third-order valence-electron chi connectivity index (χ3n) is 1.82. The molecule has 0 unspecified atom stereocenters. The normalized spacial score (nSPS) is 8.64. The Morgan fingerprint density at radius 3 is 1.71 bits per heavy atom. The number of rotatable bonds is 1. The van der Waals surface area contributed by atoms with E-state index in [9.17, 15) is 0 Å². The predicted octanol–water partition coefficient (Wildman–Crippen LogP) is 3.33. The maximum atomic E-state index is 3.78. The van der Waals surface area contributed by atoms with E-state index in [1.807, 2.05) is 24.3 Å². The Balaban J connectivity index is 0.000000146. The fourth-order valence-corrected chi connectivity index (χ4v) is 1.03. The summed E-state index contributed by atoms with van der Waals surface area (Å²) in [4.78, 5) is 3.78. The highest BCUT2D eigenvalue weighted by Crippen LogP contribution is 1.96. The molecule has 14 heavy (non-hydrogen) atoms. The molecule has 72 valence electrons. The van der Waals surface area contributed by atoms with Gasteiger partial charge in [-0.1, -0.05) is 43.3 Å². The summed E-state index contributed by atoms with van der Waals surface area (Å²) in [6.07, 6.45) is 4.64. The minimum atomic E-state index is 1.14. The first kappa shape index (κ1) is 10.5. The summed E-state index contributed by atoms with van der Waals surface area (Å²) < 4.78 is 0. The number of nitrogens with zero attached hydrogens (tertiary/aromatic N) is 1. The van der Waals surface area contributed by atoms with Gasteiger partial charge in [0.2, 0.25) is 0 Å². The highest BCUT2D eigenvalue weighted by Gasteiger charge is 1.79. The standard InChI is InChI=1S/C8H10.C5H5N/c1-2-8-6-4-3-5-7-8;1-2-4-6-5-3-1/h3-7H,2H2,1H3;1-5H. The molecule has 0 amide bonds.